The third-order valence-electron chi connectivity index (χ3n) is 1.75. The maximum atomic E-state index is 10.6. The van der Waals surface area contributed by atoms with E-state index in [1.54, 1.807) is 6.20 Å². The Balaban J connectivity index is 2.95. The van der Waals surface area contributed by atoms with Gasteiger partial charge in [-0.05, 0) is 6.20 Å². The van der Waals surface area contributed by atoms with Crippen molar-refractivity contribution in [3.63, 3.8) is 0 Å². The molecule has 0 saturated carbocycles. The maximum Gasteiger partial charge on any atom is 0.333 e. The quantitative estimate of drug-likeness (QED) is 0.593. The van der Waals surface area contributed by atoms with Crippen LogP contribution in [0.15, 0.2) is 24.0 Å². The van der Waals surface area contributed by atoms with E-state index in [2.05, 4.69) is 5.32 Å². The SMILES string of the molecule is CC1(C)C=CNC=C1C(=O)O. The van der Waals surface area contributed by atoms with E-state index in [1.165, 1.54) is 6.20 Å². The number of hydrogen-bond acceptors (Lipinski definition) is 2. The number of allylic oxidation sites excluding steroid dienone is 1. The molecule has 0 aromatic carbocycles. The summed E-state index contributed by atoms with van der Waals surface area (Å²) in [5, 5.41) is 11.5. The van der Waals surface area contributed by atoms with E-state index in [-0.39, 0.29) is 5.41 Å². The van der Waals surface area contributed by atoms with Crippen molar-refractivity contribution >= 4 is 5.97 Å². The number of rotatable bonds is 1. The fourth-order valence-corrected chi connectivity index (χ4v) is 1.00. The van der Waals surface area contributed by atoms with Crippen molar-refractivity contribution in [1.29, 1.82) is 0 Å². The number of dihydropyridines is 1. The zero-order valence-corrected chi connectivity index (χ0v) is 6.59. The second kappa shape index (κ2) is 2.42. The van der Waals surface area contributed by atoms with Crippen LogP contribution in [0.3, 0.4) is 0 Å². The van der Waals surface area contributed by atoms with Crippen molar-refractivity contribution in [3.05, 3.63) is 24.0 Å². The van der Waals surface area contributed by atoms with Crippen molar-refractivity contribution in [2.75, 3.05) is 0 Å². The van der Waals surface area contributed by atoms with E-state index in [0.29, 0.717) is 5.57 Å². The van der Waals surface area contributed by atoms with Gasteiger partial charge in [-0.2, -0.15) is 0 Å². The lowest BCUT2D eigenvalue weighted by molar-refractivity contribution is -0.133. The largest absolute Gasteiger partial charge is 0.478 e. The fraction of sp³-hybridized carbons (Fsp3) is 0.375. The van der Waals surface area contributed by atoms with Crippen LogP contribution in [-0.2, 0) is 4.79 Å². The van der Waals surface area contributed by atoms with Gasteiger partial charge >= 0.3 is 5.97 Å². The van der Waals surface area contributed by atoms with Crippen LogP contribution in [0.25, 0.3) is 0 Å². The normalized spacial score (nSPS) is 20.4. The third-order valence-corrected chi connectivity index (χ3v) is 1.75. The first kappa shape index (κ1) is 7.85. The highest BCUT2D eigenvalue weighted by Crippen LogP contribution is 2.29. The highest BCUT2D eigenvalue weighted by Gasteiger charge is 2.27. The van der Waals surface area contributed by atoms with Gasteiger partial charge < -0.3 is 10.4 Å². The van der Waals surface area contributed by atoms with E-state index in [4.69, 9.17) is 5.11 Å². The monoisotopic (exact) mass is 153 g/mol. The van der Waals surface area contributed by atoms with Crippen LogP contribution in [0, 0.1) is 5.41 Å². The first-order valence-electron chi connectivity index (χ1n) is 3.42. The Morgan fingerprint density at radius 3 is 2.64 bits per heavy atom. The van der Waals surface area contributed by atoms with Gasteiger partial charge in [-0.25, -0.2) is 4.79 Å². The van der Waals surface area contributed by atoms with Gasteiger partial charge in [0.05, 0.1) is 5.57 Å². The standard InChI is InChI=1S/C8H11NO2/c1-8(2)3-4-9-5-6(8)7(10)11/h3-5,9H,1-2H3,(H,10,11). The number of nitrogens with one attached hydrogen (secondary N) is 1. The third kappa shape index (κ3) is 1.42. The Kier molecular flexibility index (Phi) is 1.72. The smallest absolute Gasteiger partial charge is 0.333 e. The van der Waals surface area contributed by atoms with Crippen LogP contribution in [0.1, 0.15) is 13.8 Å². The molecule has 0 aliphatic carbocycles. The molecule has 0 radical (unpaired) electrons. The summed E-state index contributed by atoms with van der Waals surface area (Å²) in [6, 6.07) is 0. The molecule has 0 aromatic rings. The lowest BCUT2D eigenvalue weighted by Gasteiger charge is -2.23. The van der Waals surface area contributed by atoms with Gasteiger partial charge in [-0.3, -0.25) is 0 Å². The molecule has 0 amide bonds. The highest BCUT2D eigenvalue weighted by molar-refractivity contribution is 5.88. The van der Waals surface area contributed by atoms with E-state index < -0.39 is 5.97 Å². The molecule has 0 saturated heterocycles. The summed E-state index contributed by atoms with van der Waals surface area (Å²) in [6.07, 6.45) is 5.09. The van der Waals surface area contributed by atoms with Crippen LogP contribution in [0.5, 0.6) is 0 Å². The Bertz CT molecular complexity index is 238. The lowest BCUT2D eigenvalue weighted by atomic mass is 9.83. The predicted molar refractivity (Wildman–Crippen MR) is 41.8 cm³/mol. The highest BCUT2D eigenvalue weighted by atomic mass is 16.4. The molecule has 3 nitrogen and oxygen atoms in total. The second-order valence-corrected chi connectivity index (χ2v) is 3.08. The van der Waals surface area contributed by atoms with Gasteiger partial charge in [0.15, 0.2) is 0 Å². The van der Waals surface area contributed by atoms with Crippen molar-refractivity contribution in [3.8, 4) is 0 Å². The Hall–Kier alpha value is -1.25. The van der Waals surface area contributed by atoms with Gasteiger partial charge in [-0.15, -0.1) is 0 Å². The summed E-state index contributed by atoms with van der Waals surface area (Å²) in [6.45, 7) is 3.73. The molecule has 1 heterocycles. The molecule has 0 atom stereocenters. The Morgan fingerprint density at radius 1 is 1.64 bits per heavy atom. The molecule has 0 unspecified atom stereocenters. The van der Waals surface area contributed by atoms with Gasteiger partial charge in [0.25, 0.3) is 0 Å². The number of carboxylic acids is 1. The topological polar surface area (TPSA) is 49.3 Å². The zero-order valence-electron chi connectivity index (χ0n) is 6.59. The fourth-order valence-electron chi connectivity index (χ4n) is 1.00. The molecule has 2 N–H and O–H groups in total. The molecule has 0 bridgehead atoms. The molecule has 0 aromatic heterocycles. The molecule has 3 heteroatoms. The van der Waals surface area contributed by atoms with Crippen LogP contribution >= 0.6 is 0 Å². The van der Waals surface area contributed by atoms with Crippen molar-refractivity contribution in [2.45, 2.75) is 13.8 Å². The maximum absolute atomic E-state index is 10.6. The molecular formula is C8H11NO2. The molecule has 1 aliphatic heterocycles. The molecule has 11 heavy (non-hydrogen) atoms. The molecular weight excluding hydrogens is 142 g/mol. The van der Waals surface area contributed by atoms with Crippen LogP contribution in [0.4, 0.5) is 0 Å². The predicted octanol–water partition coefficient (Wildman–Crippen LogP) is 1.10. The Morgan fingerprint density at radius 2 is 2.27 bits per heavy atom. The number of carboxylic acid groups (broad SMARTS) is 1. The van der Waals surface area contributed by atoms with Gasteiger partial charge in [0.2, 0.25) is 0 Å². The number of aliphatic carboxylic acids is 1. The average Bonchev–Trinajstić information content (AvgIpc) is 1.85. The summed E-state index contributed by atoms with van der Waals surface area (Å²) in [4.78, 5) is 10.6. The average molecular weight is 153 g/mol. The Labute approximate surface area is 65.4 Å². The van der Waals surface area contributed by atoms with Gasteiger partial charge in [0.1, 0.15) is 0 Å². The van der Waals surface area contributed by atoms with Crippen molar-refractivity contribution < 1.29 is 9.90 Å². The molecule has 0 spiro atoms. The zero-order chi connectivity index (χ0) is 8.48. The summed E-state index contributed by atoms with van der Waals surface area (Å²) < 4.78 is 0. The minimum Gasteiger partial charge on any atom is -0.478 e. The second-order valence-electron chi connectivity index (χ2n) is 3.08. The van der Waals surface area contributed by atoms with Gasteiger partial charge in [0, 0.05) is 11.6 Å². The lowest BCUT2D eigenvalue weighted by Crippen LogP contribution is -2.24. The first-order chi connectivity index (χ1) is 5.04. The molecule has 1 rings (SSSR count). The summed E-state index contributed by atoms with van der Waals surface area (Å²) in [7, 11) is 0. The minimum atomic E-state index is -0.869. The van der Waals surface area contributed by atoms with Crippen molar-refractivity contribution in [2.24, 2.45) is 5.41 Å². The van der Waals surface area contributed by atoms with Crippen molar-refractivity contribution in [1.82, 2.24) is 5.32 Å². The molecule has 0 fully saturated rings. The van der Waals surface area contributed by atoms with Gasteiger partial charge in [-0.1, -0.05) is 19.9 Å². The summed E-state index contributed by atoms with van der Waals surface area (Å²) in [5.41, 5.74) is 0.0249. The summed E-state index contributed by atoms with van der Waals surface area (Å²) in [5.74, 6) is -0.869. The van der Waals surface area contributed by atoms with Crippen LogP contribution < -0.4 is 5.32 Å². The van der Waals surface area contributed by atoms with E-state index in [1.807, 2.05) is 19.9 Å². The van der Waals surface area contributed by atoms with Crippen LogP contribution in [-0.4, -0.2) is 11.1 Å². The molecule has 1 aliphatic rings. The number of carbonyl (C=O) groups is 1. The first-order valence-corrected chi connectivity index (χ1v) is 3.42. The van der Waals surface area contributed by atoms with E-state index in [0.717, 1.165) is 0 Å². The van der Waals surface area contributed by atoms with E-state index >= 15 is 0 Å². The van der Waals surface area contributed by atoms with E-state index in [9.17, 15) is 4.79 Å². The minimum absolute atomic E-state index is 0.364. The summed E-state index contributed by atoms with van der Waals surface area (Å²) >= 11 is 0. The number of hydrogen-bond donors (Lipinski definition) is 2. The van der Waals surface area contributed by atoms with Crippen LogP contribution in [0.2, 0.25) is 0 Å². The molecule has 60 valence electrons.